The average Bonchev–Trinajstić information content (AvgIpc) is 3.29. The highest BCUT2D eigenvalue weighted by molar-refractivity contribution is 6.08. The molecule has 5 rings (SSSR count). The van der Waals surface area contributed by atoms with Gasteiger partial charge in [0.25, 0.3) is 11.8 Å². The lowest BCUT2D eigenvalue weighted by Crippen LogP contribution is -2.41. The van der Waals surface area contributed by atoms with Crippen LogP contribution in [0.5, 0.6) is 11.5 Å². The minimum atomic E-state index is -0.279. The number of benzene rings is 3. The third-order valence-electron chi connectivity index (χ3n) is 6.44. The highest BCUT2D eigenvalue weighted by atomic mass is 16.5. The first-order valence-electron chi connectivity index (χ1n) is 11.4. The Hall–Kier alpha value is -4.33. The van der Waals surface area contributed by atoms with Crippen molar-refractivity contribution in [1.82, 2.24) is 15.1 Å². The van der Waals surface area contributed by atoms with Crippen molar-refractivity contribution in [3.8, 4) is 11.5 Å². The van der Waals surface area contributed by atoms with Gasteiger partial charge in [-0.25, -0.2) is 0 Å². The van der Waals surface area contributed by atoms with Gasteiger partial charge in [-0.05, 0) is 41.5 Å². The van der Waals surface area contributed by atoms with E-state index in [9.17, 15) is 9.59 Å². The summed E-state index contributed by atoms with van der Waals surface area (Å²) in [7, 11) is 4.91. The molecule has 8 heteroatoms. The van der Waals surface area contributed by atoms with Crippen LogP contribution >= 0.6 is 0 Å². The fourth-order valence-corrected chi connectivity index (χ4v) is 4.70. The van der Waals surface area contributed by atoms with Crippen LogP contribution in [0.3, 0.4) is 0 Å². The van der Waals surface area contributed by atoms with Gasteiger partial charge in [0.2, 0.25) is 0 Å². The number of rotatable bonds is 5. The van der Waals surface area contributed by atoms with Gasteiger partial charge in [-0.2, -0.15) is 5.10 Å². The zero-order valence-electron chi connectivity index (χ0n) is 19.8. The zero-order valence-corrected chi connectivity index (χ0v) is 19.8. The third kappa shape index (κ3) is 3.97. The third-order valence-corrected chi connectivity index (χ3v) is 6.44. The molecule has 0 spiro atoms. The molecule has 0 saturated heterocycles. The first kappa shape index (κ1) is 22.5. The van der Waals surface area contributed by atoms with E-state index in [0.717, 1.165) is 16.5 Å². The summed E-state index contributed by atoms with van der Waals surface area (Å²) in [6.07, 6.45) is 2.23. The highest BCUT2D eigenvalue weighted by Gasteiger charge is 2.33. The molecule has 0 saturated carbocycles. The van der Waals surface area contributed by atoms with E-state index >= 15 is 0 Å². The SMILES string of the molecule is COc1ccc(C(=O)N2CCC(NC(=O)c3cccc4ccccc34)c3c2cnn3C)cc1OC. The maximum atomic E-state index is 13.4. The van der Waals surface area contributed by atoms with Gasteiger partial charge < -0.3 is 19.7 Å². The quantitative estimate of drug-likeness (QED) is 0.474. The molecular weight excluding hydrogens is 444 g/mol. The van der Waals surface area contributed by atoms with Gasteiger partial charge in [-0.3, -0.25) is 14.3 Å². The number of fused-ring (bicyclic) bond motifs is 2. The second-order valence-corrected chi connectivity index (χ2v) is 8.41. The van der Waals surface area contributed by atoms with Gasteiger partial charge in [0.15, 0.2) is 11.5 Å². The summed E-state index contributed by atoms with van der Waals surface area (Å²) in [4.78, 5) is 28.4. The van der Waals surface area contributed by atoms with Crippen LogP contribution in [-0.4, -0.2) is 42.4 Å². The topological polar surface area (TPSA) is 85.7 Å². The predicted octanol–water partition coefficient (Wildman–Crippen LogP) is 4.11. The Bertz CT molecular complexity index is 1420. The van der Waals surface area contributed by atoms with Crippen LogP contribution in [0.2, 0.25) is 0 Å². The number of methoxy groups -OCH3 is 2. The molecule has 3 aromatic carbocycles. The van der Waals surface area contributed by atoms with Gasteiger partial charge >= 0.3 is 0 Å². The van der Waals surface area contributed by atoms with E-state index in [0.29, 0.717) is 41.3 Å². The Balaban J connectivity index is 1.43. The maximum absolute atomic E-state index is 13.4. The molecule has 1 N–H and O–H groups in total. The number of hydrogen-bond acceptors (Lipinski definition) is 5. The molecule has 0 radical (unpaired) electrons. The molecule has 0 fully saturated rings. The number of aromatic nitrogens is 2. The fourth-order valence-electron chi connectivity index (χ4n) is 4.70. The first-order chi connectivity index (χ1) is 17.0. The summed E-state index contributed by atoms with van der Waals surface area (Å²) >= 11 is 0. The van der Waals surface area contributed by atoms with Crippen molar-refractivity contribution in [3.05, 3.63) is 83.7 Å². The minimum absolute atomic E-state index is 0.154. The second-order valence-electron chi connectivity index (χ2n) is 8.41. The van der Waals surface area contributed by atoms with E-state index in [-0.39, 0.29) is 17.9 Å². The largest absolute Gasteiger partial charge is 0.493 e. The number of carbonyl (C=O) groups excluding carboxylic acids is 2. The van der Waals surface area contributed by atoms with Crippen LogP contribution in [0.15, 0.2) is 66.9 Å². The van der Waals surface area contributed by atoms with Gasteiger partial charge in [0.1, 0.15) is 0 Å². The van der Waals surface area contributed by atoms with Crippen LogP contribution in [0.4, 0.5) is 5.69 Å². The molecule has 0 aliphatic carbocycles. The number of nitrogens with one attached hydrogen (secondary N) is 1. The van der Waals surface area contributed by atoms with Crippen molar-refractivity contribution >= 4 is 28.3 Å². The van der Waals surface area contributed by atoms with Crippen molar-refractivity contribution in [3.63, 3.8) is 0 Å². The summed E-state index contributed by atoms with van der Waals surface area (Å²) in [6, 6.07) is 18.4. The molecule has 1 aliphatic heterocycles. The maximum Gasteiger partial charge on any atom is 0.258 e. The number of anilines is 1. The molecule has 178 valence electrons. The smallest absolute Gasteiger partial charge is 0.258 e. The molecule has 4 aromatic rings. The van der Waals surface area contributed by atoms with Gasteiger partial charge in [0, 0.05) is 24.7 Å². The molecule has 2 heterocycles. The van der Waals surface area contributed by atoms with E-state index in [1.807, 2.05) is 49.5 Å². The number of amides is 2. The lowest BCUT2D eigenvalue weighted by molar-refractivity contribution is 0.0933. The summed E-state index contributed by atoms with van der Waals surface area (Å²) < 4.78 is 12.4. The lowest BCUT2D eigenvalue weighted by Gasteiger charge is -2.32. The van der Waals surface area contributed by atoms with Crippen LogP contribution in [0.1, 0.15) is 38.9 Å². The minimum Gasteiger partial charge on any atom is -0.493 e. The van der Waals surface area contributed by atoms with E-state index in [1.54, 1.807) is 41.1 Å². The molecule has 1 aliphatic rings. The first-order valence-corrected chi connectivity index (χ1v) is 11.4. The van der Waals surface area contributed by atoms with Crippen molar-refractivity contribution in [1.29, 1.82) is 0 Å². The van der Waals surface area contributed by atoms with Crippen molar-refractivity contribution in [2.75, 3.05) is 25.7 Å². The lowest BCUT2D eigenvalue weighted by atomic mass is 10.00. The van der Waals surface area contributed by atoms with Crippen molar-refractivity contribution in [2.24, 2.45) is 7.05 Å². The monoisotopic (exact) mass is 470 g/mol. The molecule has 0 bridgehead atoms. The summed E-state index contributed by atoms with van der Waals surface area (Å²) in [5.41, 5.74) is 2.58. The summed E-state index contributed by atoms with van der Waals surface area (Å²) in [5, 5.41) is 9.47. The van der Waals surface area contributed by atoms with Crippen molar-refractivity contribution < 1.29 is 19.1 Å². The van der Waals surface area contributed by atoms with E-state index in [1.165, 1.54) is 7.11 Å². The standard InChI is InChI=1S/C27H26N4O4/c1-30-25-21(29-26(32)20-10-6-8-17-7-4-5-9-19(17)20)13-14-31(22(25)16-28-30)27(33)18-11-12-23(34-2)24(15-18)35-3/h4-12,15-16,21H,13-14H2,1-3H3,(H,29,32). The Kier molecular flexibility index (Phi) is 5.86. The van der Waals surface area contributed by atoms with Crippen LogP contribution < -0.4 is 19.7 Å². The van der Waals surface area contributed by atoms with Crippen molar-refractivity contribution in [2.45, 2.75) is 12.5 Å². The van der Waals surface area contributed by atoms with Gasteiger partial charge in [-0.1, -0.05) is 36.4 Å². The number of ether oxygens (including phenoxy) is 2. The van der Waals surface area contributed by atoms with Gasteiger partial charge in [0.05, 0.1) is 37.8 Å². The fraction of sp³-hybridized carbons (Fsp3) is 0.222. The van der Waals surface area contributed by atoms with E-state index < -0.39 is 0 Å². The Morgan fingerprint density at radius 2 is 1.77 bits per heavy atom. The zero-order chi connectivity index (χ0) is 24.5. The van der Waals surface area contributed by atoms with E-state index in [4.69, 9.17) is 9.47 Å². The van der Waals surface area contributed by atoms with Gasteiger partial charge in [-0.15, -0.1) is 0 Å². The molecule has 2 amide bonds. The normalized spacial score (nSPS) is 14.9. The summed E-state index contributed by atoms with van der Waals surface area (Å²) in [6.45, 7) is 0.437. The molecule has 1 atom stereocenters. The number of nitrogens with zero attached hydrogens (tertiary/aromatic N) is 3. The molecule has 1 unspecified atom stereocenters. The Labute approximate surface area is 203 Å². The molecule has 8 nitrogen and oxygen atoms in total. The average molecular weight is 471 g/mol. The van der Waals surface area contributed by atoms with Crippen LogP contribution in [-0.2, 0) is 7.05 Å². The second kappa shape index (κ2) is 9.13. The Morgan fingerprint density at radius 1 is 1.00 bits per heavy atom. The van der Waals surface area contributed by atoms with Crippen LogP contribution in [0.25, 0.3) is 10.8 Å². The Morgan fingerprint density at radius 3 is 2.57 bits per heavy atom. The predicted molar refractivity (Wildman–Crippen MR) is 133 cm³/mol. The number of aryl methyl sites for hydroxylation is 1. The highest BCUT2D eigenvalue weighted by Crippen LogP contribution is 2.36. The molecule has 1 aromatic heterocycles. The van der Waals surface area contributed by atoms with E-state index in [2.05, 4.69) is 10.4 Å². The summed E-state index contributed by atoms with van der Waals surface area (Å²) in [5.74, 6) is 0.723. The molecular formula is C27H26N4O4. The van der Waals surface area contributed by atoms with Crippen LogP contribution in [0, 0.1) is 0 Å². The number of carbonyl (C=O) groups is 2. The molecule has 35 heavy (non-hydrogen) atoms. The number of hydrogen-bond donors (Lipinski definition) is 1.